The molecule has 0 amide bonds. The van der Waals surface area contributed by atoms with Crippen LogP contribution in [0.2, 0.25) is 0 Å². The molecule has 3 heteroatoms. The van der Waals surface area contributed by atoms with E-state index in [1.165, 1.54) is 16.7 Å². The van der Waals surface area contributed by atoms with Gasteiger partial charge in [-0.3, -0.25) is 0 Å². The molecule has 0 aliphatic carbocycles. The fraction of sp³-hybridized carbons (Fsp3) is 0.368. The number of benzene rings is 2. The summed E-state index contributed by atoms with van der Waals surface area (Å²) in [4.78, 5) is 2.39. The molecule has 0 saturated carbocycles. The molecule has 1 atom stereocenters. The Hall–Kier alpha value is -1.84. The third kappa shape index (κ3) is 3.32. The van der Waals surface area contributed by atoms with Crippen LogP contribution < -0.4 is 10.1 Å². The van der Waals surface area contributed by atoms with Crippen LogP contribution in [0.5, 0.6) is 5.75 Å². The second kappa shape index (κ2) is 6.95. The van der Waals surface area contributed by atoms with Crippen LogP contribution in [-0.2, 0) is 6.54 Å². The summed E-state index contributed by atoms with van der Waals surface area (Å²) in [5.41, 5.74) is 4.20. The summed E-state index contributed by atoms with van der Waals surface area (Å²) >= 11 is 0. The fourth-order valence-electron chi connectivity index (χ4n) is 3.16. The van der Waals surface area contributed by atoms with Gasteiger partial charge in [0, 0.05) is 25.6 Å². The van der Waals surface area contributed by atoms with Gasteiger partial charge in [-0.1, -0.05) is 36.4 Å². The molecule has 3 nitrogen and oxygen atoms in total. The first kappa shape index (κ1) is 15.1. The summed E-state index contributed by atoms with van der Waals surface area (Å²) in [5.74, 6) is 1.41. The van der Waals surface area contributed by atoms with Crippen LogP contribution in [0.4, 0.5) is 0 Å². The van der Waals surface area contributed by atoms with Crippen LogP contribution in [0, 0.1) is 0 Å². The van der Waals surface area contributed by atoms with Crippen molar-refractivity contribution in [3.8, 4) is 5.75 Å². The molecule has 0 fully saturated rings. The zero-order valence-electron chi connectivity index (χ0n) is 13.4. The predicted octanol–water partition coefficient (Wildman–Crippen LogP) is 2.86. The Balaban J connectivity index is 1.86. The van der Waals surface area contributed by atoms with Gasteiger partial charge < -0.3 is 15.0 Å². The summed E-state index contributed by atoms with van der Waals surface area (Å²) in [6.07, 6.45) is 0. The van der Waals surface area contributed by atoms with Crippen molar-refractivity contribution in [3.63, 3.8) is 0 Å². The second-order valence-corrected chi connectivity index (χ2v) is 5.97. The Bertz CT molecular complexity index is 612. The van der Waals surface area contributed by atoms with Crippen molar-refractivity contribution in [1.82, 2.24) is 10.2 Å². The number of likely N-dealkylation sites (N-methyl/N-ethyl adjacent to an activating group) is 2. The molecule has 2 aromatic rings. The van der Waals surface area contributed by atoms with Crippen molar-refractivity contribution < 1.29 is 4.74 Å². The first-order valence-electron chi connectivity index (χ1n) is 7.91. The van der Waals surface area contributed by atoms with Gasteiger partial charge in [-0.25, -0.2) is 0 Å². The molecule has 1 N–H and O–H groups in total. The van der Waals surface area contributed by atoms with E-state index in [1.807, 2.05) is 7.05 Å². The van der Waals surface area contributed by atoms with Crippen LogP contribution in [0.15, 0.2) is 48.5 Å². The van der Waals surface area contributed by atoms with E-state index < -0.39 is 0 Å². The molecule has 1 aliphatic heterocycles. The number of hydrogen-bond acceptors (Lipinski definition) is 3. The van der Waals surface area contributed by atoms with Gasteiger partial charge in [0.15, 0.2) is 0 Å². The molecule has 116 valence electrons. The normalized spacial score (nSPS) is 18.0. The van der Waals surface area contributed by atoms with Gasteiger partial charge in [-0.2, -0.15) is 0 Å². The number of fused-ring (bicyclic) bond motifs is 1. The average Bonchev–Trinajstić information content (AvgIpc) is 2.55. The van der Waals surface area contributed by atoms with E-state index in [0.29, 0.717) is 12.5 Å². The molecular formula is C19H24N2O. The van der Waals surface area contributed by atoms with Crippen LogP contribution in [0.3, 0.4) is 0 Å². The van der Waals surface area contributed by atoms with Gasteiger partial charge in [-0.15, -0.1) is 0 Å². The molecule has 0 saturated heterocycles. The van der Waals surface area contributed by atoms with E-state index in [0.717, 1.165) is 25.4 Å². The minimum absolute atomic E-state index is 0.446. The van der Waals surface area contributed by atoms with E-state index in [2.05, 4.69) is 65.8 Å². The number of rotatable bonds is 5. The van der Waals surface area contributed by atoms with E-state index in [9.17, 15) is 0 Å². The molecule has 1 aliphatic rings. The number of nitrogens with zero attached hydrogens (tertiary/aromatic N) is 1. The van der Waals surface area contributed by atoms with Gasteiger partial charge in [0.2, 0.25) is 0 Å². The first-order chi connectivity index (χ1) is 10.8. The van der Waals surface area contributed by atoms with Gasteiger partial charge >= 0.3 is 0 Å². The minimum atomic E-state index is 0.446. The summed E-state index contributed by atoms with van der Waals surface area (Å²) < 4.78 is 5.81. The maximum Gasteiger partial charge on any atom is 0.119 e. The standard InChI is InChI=1S/C19H24N2O/c1-20-10-11-22-17-8-9-18-16(12-17)13-21(2)14-19(18)15-6-4-3-5-7-15/h3-9,12,19-20H,10-11,13-14H2,1-2H3. The Morgan fingerprint density at radius 3 is 2.77 bits per heavy atom. The SMILES string of the molecule is CNCCOc1ccc2c(c1)CN(C)CC2c1ccccc1. The third-order valence-electron chi connectivity index (χ3n) is 4.25. The van der Waals surface area contributed by atoms with Gasteiger partial charge in [0.05, 0.1) is 0 Å². The van der Waals surface area contributed by atoms with Crippen LogP contribution >= 0.6 is 0 Å². The molecule has 0 radical (unpaired) electrons. The van der Waals surface area contributed by atoms with Crippen molar-refractivity contribution in [2.75, 3.05) is 33.8 Å². The lowest BCUT2D eigenvalue weighted by Gasteiger charge is -2.33. The zero-order valence-corrected chi connectivity index (χ0v) is 13.4. The maximum atomic E-state index is 5.81. The van der Waals surface area contributed by atoms with Crippen molar-refractivity contribution in [1.29, 1.82) is 0 Å². The quantitative estimate of drug-likeness (QED) is 0.859. The lowest BCUT2D eigenvalue weighted by molar-refractivity contribution is 0.290. The third-order valence-corrected chi connectivity index (χ3v) is 4.25. The molecule has 22 heavy (non-hydrogen) atoms. The molecule has 0 bridgehead atoms. The monoisotopic (exact) mass is 296 g/mol. The highest BCUT2D eigenvalue weighted by atomic mass is 16.5. The summed E-state index contributed by atoms with van der Waals surface area (Å²) in [5, 5.41) is 3.10. The molecule has 1 unspecified atom stereocenters. The van der Waals surface area contributed by atoms with Crippen molar-refractivity contribution >= 4 is 0 Å². The molecule has 2 aromatic carbocycles. The Morgan fingerprint density at radius 1 is 1.18 bits per heavy atom. The van der Waals surface area contributed by atoms with Crippen molar-refractivity contribution in [2.45, 2.75) is 12.5 Å². The van der Waals surface area contributed by atoms with E-state index >= 15 is 0 Å². The van der Waals surface area contributed by atoms with E-state index in [-0.39, 0.29) is 0 Å². The van der Waals surface area contributed by atoms with Crippen LogP contribution in [0.1, 0.15) is 22.6 Å². The highest BCUT2D eigenvalue weighted by molar-refractivity contribution is 5.44. The zero-order chi connectivity index (χ0) is 15.4. The van der Waals surface area contributed by atoms with E-state index in [1.54, 1.807) is 0 Å². The summed E-state index contributed by atoms with van der Waals surface area (Å²) in [6.45, 7) is 3.62. The Kier molecular flexibility index (Phi) is 4.76. The highest BCUT2D eigenvalue weighted by Gasteiger charge is 2.24. The smallest absolute Gasteiger partial charge is 0.119 e. The van der Waals surface area contributed by atoms with Crippen molar-refractivity contribution in [3.05, 3.63) is 65.2 Å². The lowest BCUT2D eigenvalue weighted by Crippen LogP contribution is -2.31. The van der Waals surface area contributed by atoms with Gasteiger partial charge in [0.25, 0.3) is 0 Å². The van der Waals surface area contributed by atoms with Crippen LogP contribution in [-0.4, -0.2) is 38.7 Å². The summed E-state index contributed by atoms with van der Waals surface area (Å²) in [6, 6.07) is 17.3. The van der Waals surface area contributed by atoms with E-state index in [4.69, 9.17) is 4.74 Å². The topological polar surface area (TPSA) is 24.5 Å². The molecule has 0 aromatic heterocycles. The molecular weight excluding hydrogens is 272 g/mol. The number of ether oxygens (including phenoxy) is 1. The largest absolute Gasteiger partial charge is 0.492 e. The van der Waals surface area contributed by atoms with Crippen molar-refractivity contribution in [2.24, 2.45) is 0 Å². The molecule has 1 heterocycles. The molecule has 3 rings (SSSR count). The second-order valence-electron chi connectivity index (χ2n) is 5.97. The van der Waals surface area contributed by atoms with Gasteiger partial charge in [0.1, 0.15) is 12.4 Å². The Labute approximate surface area is 132 Å². The lowest BCUT2D eigenvalue weighted by atomic mass is 9.85. The minimum Gasteiger partial charge on any atom is -0.492 e. The summed E-state index contributed by atoms with van der Waals surface area (Å²) in [7, 11) is 4.13. The first-order valence-corrected chi connectivity index (χ1v) is 7.91. The maximum absolute atomic E-state index is 5.81. The number of nitrogens with one attached hydrogen (secondary N) is 1. The average molecular weight is 296 g/mol. The molecule has 0 spiro atoms. The van der Waals surface area contributed by atoms with Gasteiger partial charge in [-0.05, 0) is 42.9 Å². The number of hydrogen-bond donors (Lipinski definition) is 1. The highest BCUT2D eigenvalue weighted by Crippen LogP contribution is 2.34. The predicted molar refractivity (Wildman–Crippen MR) is 90.5 cm³/mol. The fourth-order valence-corrected chi connectivity index (χ4v) is 3.16. The van der Waals surface area contributed by atoms with Crippen LogP contribution in [0.25, 0.3) is 0 Å². The Morgan fingerprint density at radius 2 is 2.00 bits per heavy atom.